The first-order valence-corrected chi connectivity index (χ1v) is 6.97. The maximum Gasteiger partial charge on any atom is 0.117 e. The zero-order valence-electron chi connectivity index (χ0n) is 10.3. The fourth-order valence-corrected chi connectivity index (χ4v) is 2.63. The van der Waals surface area contributed by atoms with Crippen LogP contribution in [0, 0.1) is 6.92 Å². The van der Waals surface area contributed by atoms with Gasteiger partial charge in [0, 0.05) is 15.5 Å². The molecule has 0 aliphatic rings. The molecule has 1 aromatic carbocycles. The molecule has 2 aromatic rings. The number of furan rings is 1. The van der Waals surface area contributed by atoms with E-state index in [4.69, 9.17) is 16.0 Å². The van der Waals surface area contributed by atoms with Crippen LogP contribution in [0.2, 0.25) is 5.02 Å². The highest BCUT2D eigenvalue weighted by molar-refractivity contribution is 9.10. The van der Waals surface area contributed by atoms with Crippen molar-refractivity contribution in [3.8, 4) is 0 Å². The molecule has 0 radical (unpaired) electrons. The molecule has 1 atom stereocenters. The number of halogens is 2. The van der Waals surface area contributed by atoms with Crippen molar-refractivity contribution in [2.45, 2.75) is 26.4 Å². The van der Waals surface area contributed by atoms with Crippen molar-refractivity contribution in [3.63, 3.8) is 0 Å². The van der Waals surface area contributed by atoms with Crippen LogP contribution in [0.5, 0.6) is 0 Å². The highest BCUT2D eigenvalue weighted by Crippen LogP contribution is 2.26. The van der Waals surface area contributed by atoms with Gasteiger partial charge in [0.25, 0.3) is 0 Å². The molecule has 1 heterocycles. The molecule has 0 fully saturated rings. The van der Waals surface area contributed by atoms with Crippen molar-refractivity contribution < 1.29 is 4.42 Å². The summed E-state index contributed by atoms with van der Waals surface area (Å²) in [6.07, 6.45) is 0. The Bertz CT molecular complexity index is 538. The number of rotatable bonds is 4. The van der Waals surface area contributed by atoms with Crippen molar-refractivity contribution >= 4 is 27.5 Å². The molecule has 0 amide bonds. The van der Waals surface area contributed by atoms with Crippen molar-refractivity contribution in [1.82, 2.24) is 5.32 Å². The molecular formula is C14H15BrClNO. The van der Waals surface area contributed by atoms with E-state index in [1.165, 1.54) is 0 Å². The van der Waals surface area contributed by atoms with Crippen LogP contribution in [-0.4, -0.2) is 0 Å². The number of benzene rings is 1. The monoisotopic (exact) mass is 327 g/mol. The minimum Gasteiger partial charge on any atom is -0.465 e. The molecule has 0 aliphatic carbocycles. The molecule has 1 aromatic heterocycles. The predicted octanol–water partition coefficient (Wildman–Crippen LogP) is 4.85. The van der Waals surface area contributed by atoms with Crippen LogP contribution in [-0.2, 0) is 6.54 Å². The van der Waals surface area contributed by atoms with Crippen molar-refractivity contribution in [3.05, 3.63) is 56.9 Å². The Morgan fingerprint density at radius 3 is 2.72 bits per heavy atom. The molecule has 4 heteroatoms. The van der Waals surface area contributed by atoms with Crippen LogP contribution in [0.4, 0.5) is 0 Å². The minimum absolute atomic E-state index is 0.177. The molecule has 1 unspecified atom stereocenters. The fourth-order valence-electron chi connectivity index (χ4n) is 1.80. The fraction of sp³-hybridized carbons (Fsp3) is 0.286. The van der Waals surface area contributed by atoms with Crippen molar-refractivity contribution in [1.29, 1.82) is 0 Å². The summed E-state index contributed by atoms with van der Waals surface area (Å²) in [7, 11) is 0. The van der Waals surface area contributed by atoms with Gasteiger partial charge in [-0.25, -0.2) is 0 Å². The molecular weight excluding hydrogens is 314 g/mol. The lowest BCUT2D eigenvalue weighted by molar-refractivity contribution is 0.444. The zero-order chi connectivity index (χ0) is 13.1. The summed E-state index contributed by atoms with van der Waals surface area (Å²) < 4.78 is 6.51. The van der Waals surface area contributed by atoms with E-state index < -0.39 is 0 Å². The van der Waals surface area contributed by atoms with Gasteiger partial charge in [0.1, 0.15) is 11.5 Å². The van der Waals surface area contributed by atoms with Gasteiger partial charge < -0.3 is 9.73 Å². The number of hydrogen-bond acceptors (Lipinski definition) is 2. The first kappa shape index (κ1) is 13.7. The van der Waals surface area contributed by atoms with Gasteiger partial charge >= 0.3 is 0 Å². The van der Waals surface area contributed by atoms with E-state index in [-0.39, 0.29) is 6.04 Å². The first-order valence-electron chi connectivity index (χ1n) is 5.80. The summed E-state index contributed by atoms with van der Waals surface area (Å²) in [5, 5.41) is 4.16. The van der Waals surface area contributed by atoms with Crippen LogP contribution >= 0.6 is 27.5 Å². The zero-order valence-corrected chi connectivity index (χ0v) is 12.7. The molecule has 0 spiro atoms. The smallest absolute Gasteiger partial charge is 0.117 e. The van der Waals surface area contributed by atoms with Gasteiger partial charge in [-0.2, -0.15) is 0 Å². The van der Waals surface area contributed by atoms with E-state index >= 15 is 0 Å². The summed E-state index contributed by atoms with van der Waals surface area (Å²) in [6, 6.07) is 10.1. The quantitative estimate of drug-likeness (QED) is 0.867. The van der Waals surface area contributed by atoms with Gasteiger partial charge in [0.05, 0.1) is 6.54 Å². The summed E-state index contributed by atoms with van der Waals surface area (Å²) in [5.41, 5.74) is 1.09. The summed E-state index contributed by atoms with van der Waals surface area (Å²) in [6.45, 7) is 4.73. The van der Waals surface area contributed by atoms with Gasteiger partial charge in [-0.1, -0.05) is 33.6 Å². The van der Waals surface area contributed by atoms with Gasteiger partial charge in [-0.05, 0) is 43.7 Å². The second-order valence-corrected chi connectivity index (χ2v) is 5.60. The van der Waals surface area contributed by atoms with E-state index in [0.717, 1.165) is 26.6 Å². The summed E-state index contributed by atoms with van der Waals surface area (Å²) in [4.78, 5) is 0. The normalized spacial score (nSPS) is 12.7. The molecule has 2 rings (SSSR count). The van der Waals surface area contributed by atoms with Crippen molar-refractivity contribution in [2.24, 2.45) is 0 Å². The Balaban J connectivity index is 2.01. The average Bonchev–Trinajstić information content (AvgIpc) is 2.72. The Kier molecular flexibility index (Phi) is 4.49. The number of nitrogens with one attached hydrogen (secondary N) is 1. The second-order valence-electron chi connectivity index (χ2n) is 4.28. The maximum absolute atomic E-state index is 6.22. The van der Waals surface area contributed by atoms with E-state index in [0.29, 0.717) is 6.54 Å². The molecule has 18 heavy (non-hydrogen) atoms. The number of hydrogen-bond donors (Lipinski definition) is 1. The predicted molar refractivity (Wildman–Crippen MR) is 77.9 cm³/mol. The van der Waals surface area contributed by atoms with Gasteiger partial charge in [-0.3, -0.25) is 0 Å². The van der Waals surface area contributed by atoms with Gasteiger partial charge in [-0.15, -0.1) is 0 Å². The summed E-state index contributed by atoms with van der Waals surface area (Å²) >= 11 is 9.62. The molecule has 1 N–H and O–H groups in total. The molecule has 0 bridgehead atoms. The van der Waals surface area contributed by atoms with Crippen LogP contribution < -0.4 is 5.32 Å². The average molecular weight is 329 g/mol. The lowest BCUT2D eigenvalue weighted by atomic mass is 10.1. The highest BCUT2D eigenvalue weighted by Gasteiger charge is 2.10. The third kappa shape index (κ3) is 3.37. The van der Waals surface area contributed by atoms with E-state index in [9.17, 15) is 0 Å². The Morgan fingerprint density at radius 1 is 1.33 bits per heavy atom. The minimum atomic E-state index is 0.177. The highest BCUT2D eigenvalue weighted by atomic mass is 79.9. The molecule has 0 saturated carbocycles. The maximum atomic E-state index is 6.22. The summed E-state index contributed by atoms with van der Waals surface area (Å²) in [5.74, 6) is 1.87. The van der Waals surface area contributed by atoms with Crippen molar-refractivity contribution in [2.75, 3.05) is 0 Å². The molecule has 0 saturated heterocycles. The van der Waals surface area contributed by atoms with Crippen LogP contribution in [0.1, 0.15) is 30.0 Å². The number of aryl methyl sites for hydroxylation is 1. The largest absolute Gasteiger partial charge is 0.465 e. The van der Waals surface area contributed by atoms with Crippen LogP contribution in [0.3, 0.4) is 0 Å². The lowest BCUT2D eigenvalue weighted by Crippen LogP contribution is -2.18. The Morgan fingerprint density at radius 2 is 2.11 bits per heavy atom. The van der Waals surface area contributed by atoms with Crippen LogP contribution in [0.25, 0.3) is 0 Å². The third-order valence-corrected chi connectivity index (χ3v) is 3.63. The Labute approximate surface area is 120 Å². The first-order chi connectivity index (χ1) is 8.56. The topological polar surface area (TPSA) is 25.2 Å². The van der Waals surface area contributed by atoms with E-state index in [1.807, 2.05) is 37.3 Å². The SMILES string of the molecule is Cc1ccc(CNC(C)c2ccc(Br)cc2Cl)o1. The standard InChI is InChI=1S/C14H15BrClNO/c1-9-3-5-12(18-9)8-17-10(2)13-6-4-11(15)7-14(13)16/h3-7,10,17H,8H2,1-2H3. The molecule has 2 nitrogen and oxygen atoms in total. The van der Waals surface area contributed by atoms with Crippen LogP contribution in [0.15, 0.2) is 39.2 Å². The van der Waals surface area contributed by atoms with E-state index in [2.05, 4.69) is 28.2 Å². The molecule has 0 aliphatic heterocycles. The second kappa shape index (κ2) is 5.91. The lowest BCUT2D eigenvalue weighted by Gasteiger charge is -2.15. The van der Waals surface area contributed by atoms with Gasteiger partial charge in [0.2, 0.25) is 0 Å². The van der Waals surface area contributed by atoms with E-state index in [1.54, 1.807) is 0 Å². The third-order valence-electron chi connectivity index (χ3n) is 2.81. The molecule has 96 valence electrons. The van der Waals surface area contributed by atoms with Gasteiger partial charge in [0.15, 0.2) is 0 Å². The Hall–Kier alpha value is -0.770.